The molecule has 0 amide bonds. The lowest BCUT2D eigenvalue weighted by Crippen LogP contribution is -2.01. The van der Waals surface area contributed by atoms with Crippen LogP contribution < -0.4 is 5.32 Å². The second kappa shape index (κ2) is 5.95. The van der Waals surface area contributed by atoms with Crippen LogP contribution in [0.3, 0.4) is 0 Å². The Morgan fingerprint density at radius 1 is 1.00 bits per heavy atom. The highest BCUT2D eigenvalue weighted by atomic mass is 15.3. The minimum atomic E-state index is 0.742. The van der Waals surface area contributed by atoms with E-state index in [1.807, 2.05) is 29.2 Å². The number of fused-ring (bicyclic) bond motifs is 2. The first kappa shape index (κ1) is 15.6. The molecule has 6 nitrogen and oxygen atoms in total. The molecule has 0 aliphatic carbocycles. The number of hydrogen-bond acceptors (Lipinski definition) is 4. The largest absolute Gasteiger partial charge is 0.361 e. The van der Waals surface area contributed by atoms with Gasteiger partial charge in [0.15, 0.2) is 5.65 Å². The van der Waals surface area contributed by atoms with Gasteiger partial charge in [0.2, 0.25) is 0 Å². The van der Waals surface area contributed by atoms with Gasteiger partial charge in [-0.05, 0) is 49.7 Å². The Morgan fingerprint density at radius 2 is 1.93 bits per heavy atom. The van der Waals surface area contributed by atoms with E-state index < -0.39 is 0 Å². The van der Waals surface area contributed by atoms with Crippen molar-refractivity contribution in [1.82, 2.24) is 24.7 Å². The fourth-order valence-electron chi connectivity index (χ4n) is 3.43. The fourth-order valence-corrected chi connectivity index (χ4v) is 3.43. The molecule has 0 saturated carbocycles. The van der Waals surface area contributed by atoms with Crippen molar-refractivity contribution < 1.29 is 0 Å². The predicted octanol–water partition coefficient (Wildman–Crippen LogP) is 4.66. The summed E-state index contributed by atoms with van der Waals surface area (Å²) < 4.78 is 1.87. The number of aromatic amines is 1. The van der Waals surface area contributed by atoms with Gasteiger partial charge in [-0.25, -0.2) is 14.6 Å². The zero-order chi connectivity index (χ0) is 18.4. The van der Waals surface area contributed by atoms with Crippen LogP contribution in [0.25, 0.3) is 27.6 Å². The Morgan fingerprint density at radius 3 is 2.81 bits per heavy atom. The second-order valence-corrected chi connectivity index (χ2v) is 6.71. The Labute approximate surface area is 155 Å². The van der Waals surface area contributed by atoms with E-state index in [2.05, 4.69) is 69.5 Å². The molecule has 0 unspecified atom stereocenters. The summed E-state index contributed by atoms with van der Waals surface area (Å²) in [6.45, 7) is 4.17. The highest BCUT2D eigenvalue weighted by Crippen LogP contribution is 2.27. The molecule has 2 N–H and O–H groups in total. The van der Waals surface area contributed by atoms with Crippen LogP contribution in [0.2, 0.25) is 0 Å². The van der Waals surface area contributed by atoms with Crippen molar-refractivity contribution in [3.8, 4) is 5.69 Å². The summed E-state index contributed by atoms with van der Waals surface area (Å²) in [6, 6.07) is 14.5. The number of aromatic nitrogens is 5. The second-order valence-electron chi connectivity index (χ2n) is 6.71. The average Bonchev–Trinajstić information content (AvgIpc) is 3.29. The van der Waals surface area contributed by atoms with Gasteiger partial charge in [0, 0.05) is 22.8 Å². The van der Waals surface area contributed by atoms with Gasteiger partial charge in [-0.1, -0.05) is 17.7 Å². The number of aryl methyl sites for hydroxylation is 2. The smallest absolute Gasteiger partial charge is 0.168 e. The van der Waals surface area contributed by atoms with Gasteiger partial charge in [0.05, 0.1) is 17.3 Å². The topological polar surface area (TPSA) is 71.4 Å². The van der Waals surface area contributed by atoms with Gasteiger partial charge in [0.1, 0.15) is 12.1 Å². The number of rotatable bonds is 3. The number of nitrogens with one attached hydrogen (secondary N) is 2. The third-order valence-corrected chi connectivity index (χ3v) is 4.76. The van der Waals surface area contributed by atoms with Crippen molar-refractivity contribution >= 4 is 33.4 Å². The van der Waals surface area contributed by atoms with Gasteiger partial charge < -0.3 is 10.3 Å². The molecule has 0 spiro atoms. The molecule has 5 aromatic rings. The standard InChI is InChI=1S/C21H18N6/c1-13-3-6-19(14(2)9-13)27-21-17(11-25-27)20(23-12-24-21)26-16-4-5-18-15(10-16)7-8-22-18/h3-12,22H,1-2H3,(H,23,24,26). The van der Waals surface area contributed by atoms with Crippen LogP contribution in [0.1, 0.15) is 11.1 Å². The van der Waals surface area contributed by atoms with Crippen LogP contribution in [0, 0.1) is 13.8 Å². The molecule has 3 aromatic heterocycles. The Kier molecular flexibility index (Phi) is 3.43. The minimum absolute atomic E-state index is 0.742. The number of benzene rings is 2. The van der Waals surface area contributed by atoms with E-state index in [-0.39, 0.29) is 0 Å². The lowest BCUT2D eigenvalue weighted by Gasteiger charge is -2.09. The first-order chi connectivity index (χ1) is 13.2. The normalized spacial score (nSPS) is 11.3. The highest BCUT2D eigenvalue weighted by molar-refractivity contribution is 5.91. The fraction of sp³-hybridized carbons (Fsp3) is 0.0952. The number of H-pyrrole nitrogens is 1. The van der Waals surface area contributed by atoms with Gasteiger partial charge in [-0.3, -0.25) is 0 Å². The molecule has 2 aromatic carbocycles. The molecule has 5 rings (SSSR count). The molecule has 0 saturated heterocycles. The van der Waals surface area contributed by atoms with Crippen LogP contribution in [-0.4, -0.2) is 24.7 Å². The van der Waals surface area contributed by atoms with Crippen LogP contribution in [0.15, 0.2) is 61.2 Å². The third kappa shape index (κ3) is 2.62. The molecule has 27 heavy (non-hydrogen) atoms. The molecule has 6 heteroatoms. The number of nitrogens with zero attached hydrogens (tertiary/aromatic N) is 4. The van der Waals surface area contributed by atoms with E-state index in [4.69, 9.17) is 0 Å². The molecule has 0 atom stereocenters. The van der Waals surface area contributed by atoms with Crippen molar-refractivity contribution in [3.63, 3.8) is 0 Å². The quantitative estimate of drug-likeness (QED) is 0.494. The van der Waals surface area contributed by atoms with E-state index in [0.717, 1.165) is 44.7 Å². The van der Waals surface area contributed by atoms with Gasteiger partial charge in [0.25, 0.3) is 0 Å². The van der Waals surface area contributed by atoms with E-state index in [0.29, 0.717) is 0 Å². The Balaban J connectivity index is 1.59. The molecule has 0 radical (unpaired) electrons. The predicted molar refractivity (Wildman–Crippen MR) is 108 cm³/mol. The van der Waals surface area contributed by atoms with Crippen LogP contribution in [-0.2, 0) is 0 Å². The number of hydrogen-bond donors (Lipinski definition) is 2. The number of anilines is 2. The molecule has 0 fully saturated rings. The summed E-state index contributed by atoms with van der Waals surface area (Å²) in [4.78, 5) is 12.1. The first-order valence-electron chi connectivity index (χ1n) is 8.79. The monoisotopic (exact) mass is 354 g/mol. The molecular weight excluding hydrogens is 336 g/mol. The maximum atomic E-state index is 4.57. The summed E-state index contributed by atoms with van der Waals surface area (Å²) in [7, 11) is 0. The zero-order valence-electron chi connectivity index (χ0n) is 15.1. The molecule has 0 aliphatic rings. The molecule has 3 heterocycles. The van der Waals surface area contributed by atoms with E-state index in [1.165, 1.54) is 5.56 Å². The van der Waals surface area contributed by atoms with Crippen molar-refractivity contribution in [2.45, 2.75) is 13.8 Å². The average molecular weight is 354 g/mol. The maximum absolute atomic E-state index is 4.57. The SMILES string of the molecule is Cc1ccc(-n2ncc3c(Nc4ccc5[nH]ccc5c4)ncnc32)c(C)c1. The van der Waals surface area contributed by atoms with Crippen molar-refractivity contribution in [3.05, 3.63) is 72.3 Å². The van der Waals surface area contributed by atoms with Crippen molar-refractivity contribution in [2.75, 3.05) is 5.32 Å². The Bertz CT molecular complexity index is 1280. The third-order valence-electron chi connectivity index (χ3n) is 4.76. The van der Waals surface area contributed by atoms with Crippen LogP contribution in [0.4, 0.5) is 11.5 Å². The lowest BCUT2D eigenvalue weighted by molar-refractivity contribution is 0.886. The molecular formula is C21H18N6. The van der Waals surface area contributed by atoms with Crippen molar-refractivity contribution in [1.29, 1.82) is 0 Å². The highest BCUT2D eigenvalue weighted by Gasteiger charge is 2.13. The van der Waals surface area contributed by atoms with Crippen LogP contribution >= 0.6 is 0 Å². The lowest BCUT2D eigenvalue weighted by atomic mass is 10.1. The van der Waals surface area contributed by atoms with Gasteiger partial charge in [-0.2, -0.15) is 5.10 Å². The van der Waals surface area contributed by atoms with E-state index in [9.17, 15) is 0 Å². The molecule has 132 valence electrons. The van der Waals surface area contributed by atoms with Gasteiger partial charge in [-0.15, -0.1) is 0 Å². The van der Waals surface area contributed by atoms with Crippen LogP contribution in [0.5, 0.6) is 0 Å². The summed E-state index contributed by atoms with van der Waals surface area (Å²) >= 11 is 0. The summed E-state index contributed by atoms with van der Waals surface area (Å²) in [6.07, 6.45) is 5.32. The van der Waals surface area contributed by atoms with Gasteiger partial charge >= 0.3 is 0 Å². The summed E-state index contributed by atoms with van der Waals surface area (Å²) in [5, 5.41) is 10.00. The zero-order valence-corrected chi connectivity index (χ0v) is 15.1. The van der Waals surface area contributed by atoms with Crippen molar-refractivity contribution in [2.24, 2.45) is 0 Å². The molecule has 0 aliphatic heterocycles. The summed E-state index contributed by atoms with van der Waals surface area (Å²) in [5.74, 6) is 0.742. The van der Waals surface area contributed by atoms with E-state index in [1.54, 1.807) is 6.33 Å². The molecule has 0 bridgehead atoms. The maximum Gasteiger partial charge on any atom is 0.168 e. The first-order valence-corrected chi connectivity index (χ1v) is 8.79. The Hall–Kier alpha value is -3.67. The summed E-state index contributed by atoms with van der Waals surface area (Å²) in [5.41, 5.74) is 6.27. The minimum Gasteiger partial charge on any atom is -0.361 e. The van der Waals surface area contributed by atoms with E-state index >= 15 is 0 Å².